The topological polar surface area (TPSA) is 50.2 Å². The van der Waals surface area contributed by atoms with Gasteiger partial charge in [0.2, 0.25) is 0 Å². The zero-order valence-corrected chi connectivity index (χ0v) is 15.9. The van der Waals surface area contributed by atoms with Gasteiger partial charge in [0.1, 0.15) is 4.83 Å². The van der Waals surface area contributed by atoms with E-state index in [1.807, 2.05) is 52.9 Å². The molecular formula is C18H21ClN4OS. The van der Waals surface area contributed by atoms with E-state index in [-0.39, 0.29) is 24.4 Å². The molecule has 1 amide bonds. The number of aromatic nitrogens is 2. The lowest BCUT2D eigenvalue weighted by Gasteiger charge is -2.33. The van der Waals surface area contributed by atoms with Gasteiger partial charge < -0.3 is 10.2 Å². The third-order valence-electron chi connectivity index (χ3n) is 4.52. The molecule has 4 rings (SSSR count). The molecule has 25 heavy (non-hydrogen) atoms. The Labute approximate surface area is 157 Å². The second kappa shape index (κ2) is 7.15. The fraction of sp³-hybridized carbons (Fsp3) is 0.333. The molecule has 0 bridgehead atoms. The van der Waals surface area contributed by atoms with Crippen molar-refractivity contribution >= 4 is 39.9 Å². The standard InChI is InChI=1S/C18H20N4OS.ClH/c1-12-11-19-8-9-21(12)17(23)16-10-15-13(2)20-22(18(15)24-16)14-6-4-3-5-7-14;/h3-7,10,12,19H,8-9,11H2,1-2H3;1H. The molecule has 7 heteroatoms. The largest absolute Gasteiger partial charge is 0.333 e. The Morgan fingerprint density at radius 3 is 2.80 bits per heavy atom. The van der Waals surface area contributed by atoms with Gasteiger partial charge in [0.25, 0.3) is 5.91 Å². The molecule has 2 aromatic heterocycles. The number of carbonyl (C=O) groups is 1. The van der Waals surface area contributed by atoms with Gasteiger partial charge in [0, 0.05) is 31.1 Å². The van der Waals surface area contributed by atoms with Crippen molar-refractivity contribution in [1.82, 2.24) is 20.0 Å². The number of benzene rings is 1. The first-order chi connectivity index (χ1) is 11.6. The number of carbonyl (C=O) groups excluding carboxylic acids is 1. The van der Waals surface area contributed by atoms with Crippen LogP contribution in [0.1, 0.15) is 22.3 Å². The van der Waals surface area contributed by atoms with E-state index < -0.39 is 0 Å². The lowest BCUT2D eigenvalue weighted by atomic mass is 10.2. The minimum Gasteiger partial charge on any atom is -0.333 e. The van der Waals surface area contributed by atoms with Crippen LogP contribution in [0.25, 0.3) is 15.9 Å². The summed E-state index contributed by atoms with van der Waals surface area (Å²) in [4.78, 5) is 16.7. The number of hydrogen-bond donors (Lipinski definition) is 1. The summed E-state index contributed by atoms with van der Waals surface area (Å²) in [5.41, 5.74) is 1.98. The van der Waals surface area contributed by atoms with E-state index in [2.05, 4.69) is 17.3 Å². The summed E-state index contributed by atoms with van der Waals surface area (Å²) in [6.07, 6.45) is 0. The minimum absolute atomic E-state index is 0. The molecule has 5 nitrogen and oxygen atoms in total. The summed E-state index contributed by atoms with van der Waals surface area (Å²) < 4.78 is 1.94. The highest BCUT2D eigenvalue weighted by Gasteiger charge is 2.26. The van der Waals surface area contributed by atoms with E-state index in [1.165, 1.54) is 11.3 Å². The van der Waals surface area contributed by atoms with Crippen molar-refractivity contribution in [2.75, 3.05) is 19.6 Å². The normalized spacial score (nSPS) is 17.5. The van der Waals surface area contributed by atoms with Gasteiger partial charge >= 0.3 is 0 Å². The Morgan fingerprint density at radius 2 is 2.08 bits per heavy atom. The van der Waals surface area contributed by atoms with Crippen LogP contribution in [-0.2, 0) is 0 Å². The molecule has 1 N–H and O–H groups in total. The molecule has 3 aromatic rings. The molecule has 1 unspecified atom stereocenters. The Bertz CT molecular complexity index is 889. The van der Waals surface area contributed by atoms with Crippen LogP contribution in [-0.4, -0.2) is 46.3 Å². The Balaban J connectivity index is 0.00000182. The van der Waals surface area contributed by atoms with Gasteiger partial charge in [-0.05, 0) is 32.0 Å². The minimum atomic E-state index is 0. The predicted octanol–water partition coefficient (Wildman–Crippen LogP) is 3.25. The molecule has 1 saturated heterocycles. The number of para-hydroxylation sites is 1. The number of fused-ring (bicyclic) bond motifs is 1. The highest BCUT2D eigenvalue weighted by Crippen LogP contribution is 2.31. The average Bonchev–Trinajstić information content (AvgIpc) is 3.16. The van der Waals surface area contributed by atoms with Crippen LogP contribution in [0.3, 0.4) is 0 Å². The number of amides is 1. The molecule has 132 valence electrons. The van der Waals surface area contributed by atoms with Crippen LogP contribution >= 0.6 is 23.7 Å². The van der Waals surface area contributed by atoms with Gasteiger partial charge in [-0.3, -0.25) is 4.79 Å². The highest BCUT2D eigenvalue weighted by molar-refractivity contribution is 7.20. The number of nitrogens with one attached hydrogen (secondary N) is 1. The number of nitrogens with zero attached hydrogens (tertiary/aromatic N) is 3. The number of hydrogen-bond acceptors (Lipinski definition) is 4. The van der Waals surface area contributed by atoms with E-state index in [0.717, 1.165) is 46.1 Å². The number of rotatable bonds is 2. The van der Waals surface area contributed by atoms with Crippen molar-refractivity contribution in [3.8, 4) is 5.69 Å². The number of thiophene rings is 1. The third-order valence-corrected chi connectivity index (χ3v) is 5.62. The van der Waals surface area contributed by atoms with Crippen LogP contribution < -0.4 is 5.32 Å². The first-order valence-electron chi connectivity index (χ1n) is 8.21. The van der Waals surface area contributed by atoms with Crippen LogP contribution in [0, 0.1) is 6.92 Å². The zero-order valence-electron chi connectivity index (χ0n) is 14.2. The molecular weight excluding hydrogens is 356 g/mol. The zero-order chi connectivity index (χ0) is 16.7. The summed E-state index contributed by atoms with van der Waals surface area (Å²) in [6, 6.07) is 12.3. The van der Waals surface area contributed by atoms with E-state index in [1.54, 1.807) is 0 Å². The van der Waals surface area contributed by atoms with E-state index in [0.29, 0.717) is 0 Å². The lowest BCUT2D eigenvalue weighted by Crippen LogP contribution is -2.52. The average molecular weight is 377 g/mol. The number of halogens is 1. The fourth-order valence-corrected chi connectivity index (χ4v) is 4.32. The van der Waals surface area contributed by atoms with Gasteiger partial charge in [-0.25, -0.2) is 4.68 Å². The summed E-state index contributed by atoms with van der Waals surface area (Å²) >= 11 is 1.53. The van der Waals surface area contributed by atoms with E-state index >= 15 is 0 Å². The van der Waals surface area contributed by atoms with Gasteiger partial charge in [0.05, 0.1) is 16.3 Å². The van der Waals surface area contributed by atoms with Crippen molar-refractivity contribution in [3.05, 3.63) is 47.0 Å². The maximum atomic E-state index is 12.9. The molecule has 0 aliphatic carbocycles. The quantitative estimate of drug-likeness (QED) is 0.746. The van der Waals surface area contributed by atoms with Crippen molar-refractivity contribution in [2.24, 2.45) is 0 Å². The fourth-order valence-electron chi connectivity index (χ4n) is 3.18. The first kappa shape index (κ1) is 17.9. The van der Waals surface area contributed by atoms with Crippen LogP contribution in [0.5, 0.6) is 0 Å². The summed E-state index contributed by atoms with van der Waals surface area (Å²) in [5.74, 6) is 0.129. The lowest BCUT2D eigenvalue weighted by molar-refractivity contribution is 0.0661. The Morgan fingerprint density at radius 1 is 1.32 bits per heavy atom. The first-order valence-corrected chi connectivity index (χ1v) is 9.03. The van der Waals surface area contributed by atoms with Crippen molar-refractivity contribution in [3.63, 3.8) is 0 Å². The summed E-state index contributed by atoms with van der Waals surface area (Å²) in [5, 5.41) is 9.03. The van der Waals surface area contributed by atoms with E-state index in [4.69, 9.17) is 0 Å². The molecule has 0 spiro atoms. The molecule has 1 aliphatic heterocycles. The second-order valence-corrected chi connectivity index (χ2v) is 7.24. The Kier molecular flexibility index (Phi) is 5.13. The summed E-state index contributed by atoms with van der Waals surface area (Å²) in [7, 11) is 0. The van der Waals surface area contributed by atoms with Crippen molar-refractivity contribution < 1.29 is 4.79 Å². The molecule has 0 saturated carbocycles. The van der Waals surface area contributed by atoms with Gasteiger partial charge in [-0.1, -0.05) is 18.2 Å². The number of piperazine rings is 1. The predicted molar refractivity (Wildman–Crippen MR) is 104 cm³/mol. The molecule has 1 aliphatic rings. The van der Waals surface area contributed by atoms with E-state index in [9.17, 15) is 4.79 Å². The SMILES string of the molecule is Cc1nn(-c2ccccc2)c2sc(C(=O)N3CCNCC3C)cc12.Cl. The third kappa shape index (κ3) is 3.17. The van der Waals surface area contributed by atoms with Crippen LogP contribution in [0.2, 0.25) is 0 Å². The van der Waals surface area contributed by atoms with Crippen LogP contribution in [0.4, 0.5) is 0 Å². The molecule has 0 radical (unpaired) electrons. The molecule has 1 atom stereocenters. The Hall–Kier alpha value is -1.89. The maximum absolute atomic E-state index is 12.9. The summed E-state index contributed by atoms with van der Waals surface area (Å²) in [6.45, 7) is 6.56. The highest BCUT2D eigenvalue weighted by atomic mass is 35.5. The van der Waals surface area contributed by atoms with Crippen molar-refractivity contribution in [2.45, 2.75) is 19.9 Å². The second-order valence-electron chi connectivity index (χ2n) is 6.21. The van der Waals surface area contributed by atoms with Crippen molar-refractivity contribution in [1.29, 1.82) is 0 Å². The number of aryl methyl sites for hydroxylation is 1. The monoisotopic (exact) mass is 376 g/mol. The molecule has 1 aromatic carbocycles. The maximum Gasteiger partial charge on any atom is 0.264 e. The molecule has 1 fully saturated rings. The van der Waals surface area contributed by atoms with Gasteiger partial charge in [-0.15, -0.1) is 23.7 Å². The van der Waals surface area contributed by atoms with Crippen LogP contribution in [0.15, 0.2) is 36.4 Å². The van der Waals surface area contributed by atoms with Gasteiger partial charge in [0.15, 0.2) is 0 Å². The van der Waals surface area contributed by atoms with Gasteiger partial charge in [-0.2, -0.15) is 5.10 Å². The smallest absolute Gasteiger partial charge is 0.264 e. The molecule has 3 heterocycles.